The topological polar surface area (TPSA) is 52.9 Å². The number of aliphatic hydroxyl groups excluding tert-OH is 1. The summed E-state index contributed by atoms with van der Waals surface area (Å²) in [6.45, 7) is 1.76. The van der Waals surface area contributed by atoms with Crippen LogP contribution in [0.15, 0.2) is 35.4 Å². The molecule has 0 unspecified atom stereocenters. The lowest BCUT2D eigenvalue weighted by molar-refractivity contribution is -0.127. The van der Waals surface area contributed by atoms with Crippen LogP contribution in [0.2, 0.25) is 0 Å². The number of hydrogen-bond acceptors (Lipinski definition) is 3. The number of amides is 1. The first-order valence-corrected chi connectivity index (χ1v) is 7.17. The first-order valence-electron chi connectivity index (χ1n) is 7.17. The SMILES string of the molecule is C#CC1(C(=O)N(/N=C/C)c2ccccc2)CCC(O)CC1. The number of nitrogens with zero attached hydrogens (tertiary/aromatic N) is 2. The molecule has 0 radical (unpaired) electrons. The number of terminal acetylenes is 1. The minimum absolute atomic E-state index is 0.193. The Morgan fingerprint density at radius 2 is 2.05 bits per heavy atom. The zero-order valence-corrected chi connectivity index (χ0v) is 12.2. The van der Waals surface area contributed by atoms with Gasteiger partial charge in [0.05, 0.1) is 11.8 Å². The molecule has 0 aromatic heterocycles. The second-order valence-electron chi connectivity index (χ2n) is 5.28. The van der Waals surface area contributed by atoms with Crippen molar-refractivity contribution in [1.29, 1.82) is 0 Å². The fraction of sp³-hybridized carbons (Fsp3) is 0.412. The van der Waals surface area contributed by atoms with E-state index in [2.05, 4.69) is 11.0 Å². The molecule has 1 aliphatic rings. The Kier molecular flexibility index (Phi) is 4.77. The lowest BCUT2D eigenvalue weighted by Gasteiger charge is -2.35. The Morgan fingerprint density at radius 3 is 2.57 bits per heavy atom. The van der Waals surface area contributed by atoms with E-state index < -0.39 is 5.41 Å². The number of para-hydroxylation sites is 1. The van der Waals surface area contributed by atoms with Crippen LogP contribution in [-0.2, 0) is 4.79 Å². The van der Waals surface area contributed by atoms with Crippen molar-refractivity contribution < 1.29 is 9.90 Å². The smallest absolute Gasteiger partial charge is 0.265 e. The van der Waals surface area contributed by atoms with Crippen LogP contribution in [0.3, 0.4) is 0 Å². The van der Waals surface area contributed by atoms with Gasteiger partial charge in [-0.15, -0.1) is 6.42 Å². The highest BCUT2D eigenvalue weighted by Crippen LogP contribution is 2.38. The van der Waals surface area contributed by atoms with Crippen LogP contribution in [0.5, 0.6) is 0 Å². The molecular weight excluding hydrogens is 264 g/mol. The van der Waals surface area contributed by atoms with E-state index in [-0.39, 0.29) is 12.0 Å². The normalized spacial score (nSPS) is 25.5. The van der Waals surface area contributed by atoms with Crippen molar-refractivity contribution in [2.45, 2.75) is 38.7 Å². The summed E-state index contributed by atoms with van der Waals surface area (Å²) in [7, 11) is 0. The van der Waals surface area contributed by atoms with Crippen LogP contribution >= 0.6 is 0 Å². The number of hydrogen-bond donors (Lipinski definition) is 1. The van der Waals surface area contributed by atoms with Gasteiger partial charge >= 0.3 is 0 Å². The average molecular weight is 284 g/mol. The van der Waals surface area contributed by atoms with E-state index in [0.29, 0.717) is 31.4 Å². The summed E-state index contributed by atoms with van der Waals surface area (Å²) in [6, 6.07) is 9.25. The van der Waals surface area contributed by atoms with Gasteiger partial charge in [0.1, 0.15) is 5.41 Å². The minimum Gasteiger partial charge on any atom is -0.393 e. The Balaban J connectivity index is 2.32. The number of carbonyl (C=O) groups is 1. The molecule has 0 spiro atoms. The third-order valence-corrected chi connectivity index (χ3v) is 3.92. The van der Waals surface area contributed by atoms with Gasteiger partial charge in [0.25, 0.3) is 5.91 Å². The monoisotopic (exact) mass is 284 g/mol. The van der Waals surface area contributed by atoms with Crippen LogP contribution in [-0.4, -0.2) is 23.3 Å². The van der Waals surface area contributed by atoms with Gasteiger partial charge in [-0.1, -0.05) is 24.1 Å². The van der Waals surface area contributed by atoms with Crippen LogP contribution in [0, 0.1) is 17.8 Å². The molecule has 1 aromatic carbocycles. The maximum atomic E-state index is 12.9. The van der Waals surface area contributed by atoms with Gasteiger partial charge in [-0.25, -0.2) is 0 Å². The molecule has 0 aliphatic heterocycles. The van der Waals surface area contributed by atoms with Gasteiger partial charge in [0, 0.05) is 6.21 Å². The number of aliphatic hydroxyl groups is 1. The second-order valence-corrected chi connectivity index (χ2v) is 5.28. The molecule has 0 heterocycles. The number of rotatable bonds is 3. The van der Waals surface area contributed by atoms with E-state index >= 15 is 0 Å². The second kappa shape index (κ2) is 6.55. The zero-order valence-electron chi connectivity index (χ0n) is 12.2. The van der Waals surface area contributed by atoms with E-state index in [1.165, 1.54) is 5.01 Å². The standard InChI is InChI=1S/C17H20N2O2/c1-3-17(12-10-15(20)11-13-17)16(21)19(18-4-2)14-8-6-5-7-9-14/h1,4-9,15,20H,10-13H2,2H3/b18-4+. The van der Waals surface area contributed by atoms with Crippen molar-refractivity contribution in [2.24, 2.45) is 10.5 Å². The predicted octanol–water partition coefficient (Wildman–Crippen LogP) is 2.58. The van der Waals surface area contributed by atoms with Crippen molar-refractivity contribution in [2.75, 3.05) is 5.01 Å². The van der Waals surface area contributed by atoms with Gasteiger partial charge in [-0.05, 0) is 44.7 Å². The molecule has 0 saturated heterocycles. The largest absolute Gasteiger partial charge is 0.393 e. The number of benzene rings is 1. The molecule has 1 fully saturated rings. The van der Waals surface area contributed by atoms with E-state index in [4.69, 9.17) is 6.42 Å². The fourth-order valence-corrected chi connectivity index (χ4v) is 2.64. The lowest BCUT2D eigenvalue weighted by atomic mass is 9.73. The molecule has 0 bridgehead atoms. The van der Waals surface area contributed by atoms with Crippen molar-refractivity contribution in [3.8, 4) is 12.3 Å². The van der Waals surface area contributed by atoms with Crippen molar-refractivity contribution in [3.05, 3.63) is 30.3 Å². The molecule has 4 heteroatoms. The highest BCUT2D eigenvalue weighted by atomic mass is 16.3. The molecule has 1 N–H and O–H groups in total. The molecule has 0 atom stereocenters. The zero-order chi connectivity index (χ0) is 15.3. The Morgan fingerprint density at radius 1 is 1.43 bits per heavy atom. The first kappa shape index (κ1) is 15.3. The Bertz CT molecular complexity index is 552. The minimum atomic E-state index is -0.873. The molecular formula is C17H20N2O2. The van der Waals surface area contributed by atoms with Gasteiger partial charge in [-0.2, -0.15) is 10.1 Å². The van der Waals surface area contributed by atoms with Gasteiger partial charge < -0.3 is 5.11 Å². The lowest BCUT2D eigenvalue weighted by Crippen LogP contribution is -2.44. The maximum Gasteiger partial charge on any atom is 0.265 e. The van der Waals surface area contributed by atoms with Crippen LogP contribution in [0.1, 0.15) is 32.6 Å². The Labute approximate surface area is 125 Å². The summed E-state index contributed by atoms with van der Waals surface area (Å²) < 4.78 is 0. The molecule has 1 saturated carbocycles. The van der Waals surface area contributed by atoms with Crippen molar-refractivity contribution >= 4 is 17.8 Å². The number of hydrazone groups is 1. The highest BCUT2D eigenvalue weighted by Gasteiger charge is 2.43. The Hall–Kier alpha value is -2.12. The molecule has 1 amide bonds. The van der Waals surface area contributed by atoms with E-state index in [9.17, 15) is 9.90 Å². The van der Waals surface area contributed by atoms with Gasteiger partial charge in [0.15, 0.2) is 0 Å². The summed E-state index contributed by atoms with van der Waals surface area (Å²) >= 11 is 0. The quantitative estimate of drug-likeness (QED) is 0.527. The third-order valence-electron chi connectivity index (χ3n) is 3.92. The molecule has 110 valence electrons. The van der Waals surface area contributed by atoms with E-state index in [0.717, 1.165) is 0 Å². The molecule has 21 heavy (non-hydrogen) atoms. The fourth-order valence-electron chi connectivity index (χ4n) is 2.64. The van der Waals surface area contributed by atoms with Gasteiger partial charge in [0.2, 0.25) is 0 Å². The van der Waals surface area contributed by atoms with E-state index in [1.54, 1.807) is 13.1 Å². The summed E-state index contributed by atoms with van der Waals surface area (Å²) in [6.07, 6.45) is 8.96. The first-order chi connectivity index (χ1) is 10.1. The van der Waals surface area contributed by atoms with Crippen LogP contribution < -0.4 is 5.01 Å². The molecule has 1 aliphatic carbocycles. The number of anilines is 1. The highest BCUT2D eigenvalue weighted by molar-refractivity contribution is 5.99. The summed E-state index contributed by atoms with van der Waals surface area (Å²) in [5.41, 5.74) is -0.178. The molecule has 2 rings (SSSR count). The number of carbonyl (C=O) groups excluding carboxylic acids is 1. The van der Waals surface area contributed by atoms with Crippen LogP contribution in [0.25, 0.3) is 0 Å². The predicted molar refractivity (Wildman–Crippen MR) is 83.8 cm³/mol. The third kappa shape index (κ3) is 3.14. The maximum absolute atomic E-state index is 12.9. The van der Waals surface area contributed by atoms with Crippen LogP contribution in [0.4, 0.5) is 5.69 Å². The average Bonchev–Trinajstić information content (AvgIpc) is 2.54. The molecule has 1 aromatic rings. The molecule has 4 nitrogen and oxygen atoms in total. The summed E-state index contributed by atoms with van der Waals surface area (Å²) in [5, 5.41) is 15.2. The summed E-state index contributed by atoms with van der Waals surface area (Å²) in [4.78, 5) is 12.9. The summed E-state index contributed by atoms with van der Waals surface area (Å²) in [5.74, 6) is 2.48. The van der Waals surface area contributed by atoms with Crippen molar-refractivity contribution in [1.82, 2.24) is 0 Å². The van der Waals surface area contributed by atoms with E-state index in [1.807, 2.05) is 30.3 Å². The van der Waals surface area contributed by atoms with Gasteiger partial charge in [-0.3, -0.25) is 4.79 Å². The van der Waals surface area contributed by atoms with Crippen molar-refractivity contribution in [3.63, 3.8) is 0 Å².